The number of nitrogens with one attached hydrogen (secondary N) is 3. The van der Waals surface area contributed by atoms with Crippen molar-refractivity contribution in [2.45, 2.75) is 51.5 Å². The molecule has 0 aliphatic rings. The molecule has 2 atom stereocenters. The van der Waals surface area contributed by atoms with Gasteiger partial charge in [0.15, 0.2) is 0 Å². The molecule has 0 bridgehead atoms. The van der Waals surface area contributed by atoms with Crippen LogP contribution < -0.4 is 16.0 Å². The minimum atomic E-state index is -1.40. The van der Waals surface area contributed by atoms with Crippen molar-refractivity contribution in [2.24, 2.45) is 5.92 Å². The zero-order valence-corrected chi connectivity index (χ0v) is 22.7. The number of aromatic nitrogens is 2. The molecule has 1 aromatic carbocycles. The zero-order valence-electron chi connectivity index (χ0n) is 22.7. The molecule has 3 amide bonds. The van der Waals surface area contributed by atoms with Crippen LogP contribution in [0.25, 0.3) is 0 Å². The van der Waals surface area contributed by atoms with E-state index < -0.39 is 68.2 Å². The van der Waals surface area contributed by atoms with Gasteiger partial charge < -0.3 is 30.4 Å². The summed E-state index contributed by atoms with van der Waals surface area (Å²) in [5.74, 6) is -4.72. The minimum absolute atomic E-state index is 0.0177. The molecule has 0 aliphatic carbocycles. The van der Waals surface area contributed by atoms with Crippen LogP contribution in [-0.2, 0) is 34.9 Å². The highest BCUT2D eigenvalue weighted by atomic mass is 16.6. The molecule has 40 heavy (non-hydrogen) atoms. The third-order valence-electron chi connectivity index (χ3n) is 5.53. The Morgan fingerprint density at radius 2 is 1.75 bits per heavy atom. The van der Waals surface area contributed by atoms with Crippen molar-refractivity contribution in [3.05, 3.63) is 60.2 Å². The summed E-state index contributed by atoms with van der Waals surface area (Å²) in [6.45, 7) is 3.27. The van der Waals surface area contributed by atoms with E-state index in [1.165, 1.54) is 25.6 Å². The summed E-state index contributed by atoms with van der Waals surface area (Å²) >= 11 is 0. The summed E-state index contributed by atoms with van der Waals surface area (Å²) < 4.78 is 10.9. The number of benzene rings is 1. The Morgan fingerprint density at radius 1 is 1.02 bits per heavy atom. The Labute approximate surface area is 232 Å². The molecule has 0 radical (unpaired) electrons. The second-order valence-corrected chi connectivity index (χ2v) is 9.29. The van der Waals surface area contributed by atoms with Gasteiger partial charge in [0.25, 0.3) is 11.9 Å². The van der Waals surface area contributed by atoms with Gasteiger partial charge in [-0.25, -0.2) is 4.98 Å². The molecular weight excluding hydrogens is 521 g/mol. The van der Waals surface area contributed by atoms with Gasteiger partial charge in [0.1, 0.15) is 18.3 Å². The number of aliphatic carboxylic acids is 1. The average Bonchev–Trinajstić information content (AvgIpc) is 2.93. The van der Waals surface area contributed by atoms with Crippen molar-refractivity contribution < 1.29 is 38.4 Å². The predicted octanol–water partition coefficient (Wildman–Crippen LogP) is 0.547. The molecular formula is C26H34BN5O8. The maximum atomic E-state index is 13.6. The van der Waals surface area contributed by atoms with E-state index >= 15 is 0 Å². The van der Waals surface area contributed by atoms with E-state index in [1.807, 2.05) is 19.9 Å². The average molecular weight is 555 g/mol. The van der Waals surface area contributed by atoms with Crippen molar-refractivity contribution >= 4 is 36.8 Å². The Morgan fingerprint density at radius 3 is 2.35 bits per heavy atom. The first-order valence-corrected chi connectivity index (χ1v) is 12.7. The van der Waals surface area contributed by atoms with Crippen LogP contribution in [0.4, 0.5) is 0 Å². The molecule has 0 spiro atoms. The number of rotatable bonds is 16. The topological polar surface area (TPSA) is 186 Å². The number of carbonyl (C=O) groups is 5. The van der Waals surface area contributed by atoms with Gasteiger partial charge >= 0.3 is 13.1 Å². The van der Waals surface area contributed by atoms with Crippen LogP contribution >= 0.6 is 0 Å². The summed E-state index contributed by atoms with van der Waals surface area (Å²) in [6, 6.07) is 7.97. The summed E-state index contributed by atoms with van der Waals surface area (Å²) in [6.07, 6.45) is 3.55. The molecule has 13 nitrogen and oxygen atoms in total. The molecule has 0 saturated carbocycles. The first-order chi connectivity index (χ1) is 19.1. The lowest BCUT2D eigenvalue weighted by molar-refractivity contribution is -0.143. The van der Waals surface area contributed by atoms with Gasteiger partial charge in [-0.3, -0.25) is 29.0 Å². The highest BCUT2D eigenvalue weighted by Crippen LogP contribution is 2.13. The first-order valence-electron chi connectivity index (χ1n) is 12.7. The normalized spacial score (nSPS) is 12.1. The second kappa shape index (κ2) is 16.6. The number of hydrogen-bond donors (Lipinski definition) is 4. The molecule has 4 N–H and O–H groups in total. The molecule has 0 saturated heterocycles. The van der Waals surface area contributed by atoms with Crippen molar-refractivity contribution in [3.8, 4) is 0 Å². The number of carbonyl (C=O) groups excluding carboxylic acids is 4. The second-order valence-electron chi connectivity index (χ2n) is 9.29. The van der Waals surface area contributed by atoms with E-state index in [0.717, 1.165) is 5.56 Å². The summed E-state index contributed by atoms with van der Waals surface area (Å²) in [5.41, 5.74) is 0.793. The Hall–Kier alpha value is -4.33. The fourth-order valence-corrected chi connectivity index (χ4v) is 3.60. The van der Waals surface area contributed by atoms with Gasteiger partial charge in [-0.05, 0) is 17.9 Å². The van der Waals surface area contributed by atoms with E-state index in [-0.39, 0.29) is 24.5 Å². The smallest absolute Gasteiger partial charge is 0.508 e. The largest absolute Gasteiger partial charge is 0.551 e. The van der Waals surface area contributed by atoms with Gasteiger partial charge in [0.2, 0.25) is 11.8 Å². The van der Waals surface area contributed by atoms with E-state index in [1.54, 1.807) is 24.3 Å². The van der Waals surface area contributed by atoms with Crippen LogP contribution in [-0.4, -0.2) is 77.5 Å². The third kappa shape index (κ3) is 11.6. The summed E-state index contributed by atoms with van der Waals surface area (Å²) in [4.78, 5) is 69.4. The van der Waals surface area contributed by atoms with Crippen LogP contribution in [0.5, 0.6) is 0 Å². The van der Waals surface area contributed by atoms with E-state index in [0.29, 0.717) is 0 Å². The van der Waals surface area contributed by atoms with Crippen molar-refractivity contribution in [1.29, 1.82) is 0 Å². The number of carboxylic acid groups (broad SMARTS) is 1. The number of nitrogens with zero attached hydrogens (tertiary/aromatic N) is 2. The molecule has 1 aromatic heterocycles. The molecule has 0 fully saturated rings. The van der Waals surface area contributed by atoms with Crippen molar-refractivity contribution in [3.63, 3.8) is 0 Å². The van der Waals surface area contributed by atoms with Crippen molar-refractivity contribution in [1.82, 2.24) is 25.9 Å². The molecule has 2 aromatic rings. The Kier molecular flexibility index (Phi) is 13.2. The SMILES string of the molecule is CNC(=O)COB(OC(=O)CCC(=O)O)[C@H](CC(C)C)NC(=O)[C@H](Cc1ccccc1)NC(=O)c1cnccn1. The van der Waals surface area contributed by atoms with Crippen LogP contribution in [0.15, 0.2) is 48.9 Å². The van der Waals surface area contributed by atoms with Crippen LogP contribution in [0.2, 0.25) is 0 Å². The quantitative estimate of drug-likeness (QED) is 0.213. The molecule has 2 rings (SSSR count). The predicted molar refractivity (Wildman–Crippen MR) is 144 cm³/mol. The lowest BCUT2D eigenvalue weighted by atomic mass is 9.73. The summed E-state index contributed by atoms with van der Waals surface area (Å²) in [5, 5.41) is 16.8. The number of likely N-dealkylation sites (N-methyl/N-ethyl adjacent to an activating group) is 1. The highest BCUT2D eigenvalue weighted by molar-refractivity contribution is 6.49. The maximum Gasteiger partial charge on any atom is 0.551 e. The van der Waals surface area contributed by atoms with Crippen LogP contribution in [0.3, 0.4) is 0 Å². The van der Waals surface area contributed by atoms with Crippen molar-refractivity contribution in [2.75, 3.05) is 13.7 Å². The lowest BCUT2D eigenvalue weighted by Crippen LogP contribution is -2.57. The molecule has 14 heteroatoms. The lowest BCUT2D eigenvalue weighted by Gasteiger charge is -2.27. The maximum absolute atomic E-state index is 13.6. The standard InChI is InChI=1S/C26H34BN5O8/c1-17(2)13-21(27(39-16-22(33)28-3)40-24(36)10-9-23(34)35)32-25(37)19(14-18-7-5-4-6-8-18)31-26(38)20-15-29-11-12-30-20/h4-8,11-12,15,17,19,21H,9-10,13-14,16H2,1-3H3,(H,28,33)(H,31,38)(H,32,37)(H,34,35)/t19-,21-/m0/s1. The molecule has 214 valence electrons. The molecule has 0 aliphatic heterocycles. The first kappa shape index (κ1) is 31.9. The van der Waals surface area contributed by atoms with Gasteiger partial charge in [-0.15, -0.1) is 0 Å². The molecule has 0 unspecified atom stereocenters. The van der Waals surface area contributed by atoms with E-state index in [9.17, 15) is 24.0 Å². The fourth-order valence-electron chi connectivity index (χ4n) is 3.60. The van der Waals surface area contributed by atoms with E-state index in [2.05, 4.69) is 25.9 Å². The number of amides is 3. The monoisotopic (exact) mass is 555 g/mol. The Balaban J connectivity index is 2.30. The molecule has 1 heterocycles. The van der Waals surface area contributed by atoms with Crippen LogP contribution in [0.1, 0.15) is 49.2 Å². The zero-order chi connectivity index (χ0) is 29.5. The summed E-state index contributed by atoms with van der Waals surface area (Å²) in [7, 11) is -0.000930. The Bertz CT molecular complexity index is 1140. The van der Waals surface area contributed by atoms with Crippen LogP contribution in [0, 0.1) is 5.92 Å². The highest BCUT2D eigenvalue weighted by Gasteiger charge is 2.38. The minimum Gasteiger partial charge on any atom is -0.508 e. The van der Waals surface area contributed by atoms with Gasteiger partial charge in [-0.1, -0.05) is 44.2 Å². The fraction of sp³-hybridized carbons (Fsp3) is 0.423. The van der Waals surface area contributed by atoms with E-state index in [4.69, 9.17) is 14.4 Å². The number of hydrogen-bond acceptors (Lipinski definition) is 9. The third-order valence-corrected chi connectivity index (χ3v) is 5.53. The number of carboxylic acids is 1. The van der Waals surface area contributed by atoms with Gasteiger partial charge in [-0.2, -0.15) is 0 Å². The van der Waals surface area contributed by atoms with Gasteiger partial charge in [0.05, 0.1) is 25.0 Å². The van der Waals surface area contributed by atoms with Gasteiger partial charge in [0, 0.05) is 25.9 Å².